The molecule has 1 aromatic heterocycles. The van der Waals surface area contributed by atoms with E-state index in [1.54, 1.807) is 4.68 Å². The summed E-state index contributed by atoms with van der Waals surface area (Å²) < 4.78 is 1.73. The van der Waals surface area contributed by atoms with Crippen molar-refractivity contribution in [3.63, 3.8) is 0 Å². The number of hydrogen-bond acceptors (Lipinski definition) is 3. The van der Waals surface area contributed by atoms with Crippen molar-refractivity contribution in [2.75, 3.05) is 13.1 Å². The van der Waals surface area contributed by atoms with Gasteiger partial charge in [0.15, 0.2) is 5.69 Å². The molecule has 0 aliphatic carbocycles. The van der Waals surface area contributed by atoms with Gasteiger partial charge in [-0.3, -0.25) is 9.48 Å². The first kappa shape index (κ1) is 12.1. The number of likely N-dealkylation sites (tertiary alicyclic amines) is 1. The molecule has 1 aliphatic heterocycles. The van der Waals surface area contributed by atoms with Gasteiger partial charge in [-0.05, 0) is 25.3 Å². The maximum Gasteiger partial charge on any atom is 0.274 e. The van der Waals surface area contributed by atoms with E-state index in [0.717, 1.165) is 25.2 Å². The van der Waals surface area contributed by atoms with Crippen LogP contribution in [0.5, 0.6) is 0 Å². The smallest absolute Gasteiger partial charge is 0.274 e. The number of carbonyl (C=O) groups excluding carboxylic acids is 1. The highest BCUT2D eigenvalue weighted by Crippen LogP contribution is 2.17. The van der Waals surface area contributed by atoms with Gasteiger partial charge in [0.25, 0.3) is 5.91 Å². The van der Waals surface area contributed by atoms with Crippen LogP contribution in [0.2, 0.25) is 0 Å². The molecule has 0 aromatic carbocycles. The van der Waals surface area contributed by atoms with Crippen molar-refractivity contribution in [1.82, 2.24) is 14.7 Å². The number of nitrogens with two attached hydrogens (primary N) is 1. The van der Waals surface area contributed by atoms with Gasteiger partial charge in [0, 0.05) is 31.9 Å². The molecule has 1 amide bonds. The lowest BCUT2D eigenvalue weighted by Crippen LogP contribution is -2.48. The molecule has 0 radical (unpaired) electrons. The summed E-state index contributed by atoms with van der Waals surface area (Å²) in [6, 6.07) is 2.05. The maximum atomic E-state index is 12.2. The summed E-state index contributed by atoms with van der Waals surface area (Å²) in [5.74, 6) is 0.380. The van der Waals surface area contributed by atoms with E-state index in [0.29, 0.717) is 11.6 Å². The molecule has 1 aliphatic rings. The Kier molecular flexibility index (Phi) is 3.19. The Morgan fingerprint density at radius 2 is 2.29 bits per heavy atom. The van der Waals surface area contributed by atoms with Crippen molar-refractivity contribution >= 4 is 5.91 Å². The molecule has 2 N–H and O–H groups in total. The van der Waals surface area contributed by atoms with Crippen molar-refractivity contribution in [1.29, 1.82) is 0 Å². The van der Waals surface area contributed by atoms with Crippen LogP contribution in [0.4, 0.5) is 0 Å². The Labute approximate surface area is 102 Å². The molecule has 1 fully saturated rings. The van der Waals surface area contributed by atoms with Crippen LogP contribution in [0.1, 0.15) is 29.5 Å². The zero-order valence-electron chi connectivity index (χ0n) is 10.7. The number of carbonyl (C=O) groups is 1. The molecule has 0 saturated carbocycles. The third kappa shape index (κ3) is 2.34. The minimum atomic E-state index is 0.0208. The number of aryl methyl sites for hydroxylation is 2. The van der Waals surface area contributed by atoms with Crippen LogP contribution >= 0.6 is 0 Å². The number of amides is 1. The summed E-state index contributed by atoms with van der Waals surface area (Å²) in [6.45, 7) is 5.50. The van der Waals surface area contributed by atoms with Crippen LogP contribution in [-0.2, 0) is 7.05 Å². The van der Waals surface area contributed by atoms with Crippen molar-refractivity contribution in [3.8, 4) is 0 Å². The van der Waals surface area contributed by atoms with Crippen LogP contribution in [0, 0.1) is 12.8 Å². The first-order chi connectivity index (χ1) is 7.99. The molecule has 2 atom stereocenters. The summed E-state index contributed by atoms with van der Waals surface area (Å²) in [6.07, 6.45) is 0.874. The van der Waals surface area contributed by atoms with E-state index in [9.17, 15) is 4.79 Å². The minimum absolute atomic E-state index is 0.0208. The number of nitrogens with zero attached hydrogens (tertiary/aromatic N) is 3. The zero-order valence-corrected chi connectivity index (χ0v) is 10.7. The topological polar surface area (TPSA) is 64.2 Å². The van der Waals surface area contributed by atoms with E-state index in [4.69, 9.17) is 5.73 Å². The molecule has 5 heteroatoms. The molecular formula is C12H20N4O. The van der Waals surface area contributed by atoms with E-state index in [-0.39, 0.29) is 11.9 Å². The molecular weight excluding hydrogens is 216 g/mol. The average molecular weight is 236 g/mol. The fourth-order valence-corrected chi connectivity index (χ4v) is 2.18. The fourth-order valence-electron chi connectivity index (χ4n) is 2.18. The van der Waals surface area contributed by atoms with Crippen molar-refractivity contribution in [2.45, 2.75) is 26.3 Å². The lowest BCUT2D eigenvalue weighted by molar-refractivity contribution is 0.0657. The Hall–Kier alpha value is -1.36. The van der Waals surface area contributed by atoms with Gasteiger partial charge < -0.3 is 10.6 Å². The number of aromatic nitrogens is 2. The molecule has 2 rings (SSSR count). The lowest BCUT2D eigenvalue weighted by atomic mass is 9.94. The molecule has 0 bridgehead atoms. The van der Waals surface area contributed by atoms with Crippen molar-refractivity contribution < 1.29 is 4.79 Å². The third-order valence-electron chi connectivity index (χ3n) is 3.59. The van der Waals surface area contributed by atoms with Gasteiger partial charge in [0.1, 0.15) is 0 Å². The monoisotopic (exact) mass is 236 g/mol. The molecule has 1 saturated heterocycles. The molecule has 1 aromatic rings. The van der Waals surface area contributed by atoms with Crippen LogP contribution < -0.4 is 5.73 Å². The third-order valence-corrected chi connectivity index (χ3v) is 3.59. The standard InChI is InChI=1S/C12H20N4O/c1-8-7-16(5-4-10(8)13)12(17)11-6-9(2)15(3)14-11/h6,8,10H,4-5,7,13H2,1-3H3. The Morgan fingerprint density at radius 3 is 2.82 bits per heavy atom. The fraction of sp³-hybridized carbons (Fsp3) is 0.667. The Balaban J connectivity index is 2.10. The van der Waals surface area contributed by atoms with E-state index in [1.165, 1.54) is 0 Å². The highest BCUT2D eigenvalue weighted by Gasteiger charge is 2.28. The molecule has 0 spiro atoms. The normalized spacial score (nSPS) is 25.1. The minimum Gasteiger partial charge on any atom is -0.337 e. The van der Waals surface area contributed by atoms with Crippen LogP contribution in [0.25, 0.3) is 0 Å². The van der Waals surface area contributed by atoms with E-state index >= 15 is 0 Å². The van der Waals surface area contributed by atoms with Crippen LogP contribution in [0.15, 0.2) is 6.07 Å². The Bertz CT molecular complexity index is 407. The number of rotatable bonds is 1. The summed E-state index contributed by atoms with van der Waals surface area (Å²) >= 11 is 0. The van der Waals surface area contributed by atoms with E-state index < -0.39 is 0 Å². The van der Waals surface area contributed by atoms with Crippen LogP contribution in [0.3, 0.4) is 0 Å². The summed E-state index contributed by atoms with van der Waals surface area (Å²) in [4.78, 5) is 14.1. The molecule has 2 unspecified atom stereocenters. The predicted molar refractivity (Wildman–Crippen MR) is 65.6 cm³/mol. The Morgan fingerprint density at radius 1 is 1.59 bits per heavy atom. The largest absolute Gasteiger partial charge is 0.337 e. The van der Waals surface area contributed by atoms with Gasteiger partial charge in [0.2, 0.25) is 0 Å². The van der Waals surface area contributed by atoms with Gasteiger partial charge in [-0.15, -0.1) is 0 Å². The number of piperidine rings is 1. The maximum absolute atomic E-state index is 12.2. The second-order valence-electron chi connectivity index (χ2n) is 4.98. The van der Waals surface area contributed by atoms with Gasteiger partial charge >= 0.3 is 0 Å². The quantitative estimate of drug-likeness (QED) is 0.774. The van der Waals surface area contributed by atoms with Gasteiger partial charge in [-0.25, -0.2) is 0 Å². The van der Waals surface area contributed by atoms with Crippen molar-refractivity contribution in [3.05, 3.63) is 17.5 Å². The highest BCUT2D eigenvalue weighted by atomic mass is 16.2. The van der Waals surface area contributed by atoms with Crippen LogP contribution in [-0.4, -0.2) is 39.7 Å². The predicted octanol–water partition coefficient (Wildman–Crippen LogP) is 0.538. The SMILES string of the molecule is Cc1cc(C(=O)N2CCC(N)C(C)C2)nn1C. The summed E-state index contributed by atoms with van der Waals surface area (Å²) in [5, 5.41) is 4.22. The van der Waals surface area contributed by atoms with E-state index in [1.807, 2.05) is 24.9 Å². The first-order valence-corrected chi connectivity index (χ1v) is 6.04. The zero-order chi connectivity index (χ0) is 12.6. The summed E-state index contributed by atoms with van der Waals surface area (Å²) in [7, 11) is 1.85. The molecule has 5 nitrogen and oxygen atoms in total. The highest BCUT2D eigenvalue weighted by molar-refractivity contribution is 5.92. The van der Waals surface area contributed by atoms with E-state index in [2.05, 4.69) is 12.0 Å². The van der Waals surface area contributed by atoms with Gasteiger partial charge in [-0.2, -0.15) is 5.10 Å². The first-order valence-electron chi connectivity index (χ1n) is 6.04. The number of hydrogen-bond donors (Lipinski definition) is 1. The second kappa shape index (κ2) is 4.49. The van der Waals surface area contributed by atoms with Gasteiger partial charge in [0.05, 0.1) is 0 Å². The summed E-state index contributed by atoms with van der Waals surface area (Å²) in [5.41, 5.74) is 7.48. The molecule has 2 heterocycles. The second-order valence-corrected chi connectivity index (χ2v) is 4.98. The molecule has 94 valence electrons. The average Bonchev–Trinajstić information content (AvgIpc) is 2.62. The molecule has 17 heavy (non-hydrogen) atoms. The van der Waals surface area contributed by atoms with Gasteiger partial charge in [-0.1, -0.05) is 6.92 Å². The van der Waals surface area contributed by atoms with Crippen molar-refractivity contribution in [2.24, 2.45) is 18.7 Å². The lowest BCUT2D eigenvalue weighted by Gasteiger charge is -2.34.